The highest BCUT2D eigenvalue weighted by molar-refractivity contribution is 8.07. The minimum atomic E-state index is -1.66. The first-order valence-electron chi connectivity index (χ1n) is 10.2. The highest BCUT2D eigenvalue weighted by Crippen LogP contribution is 2.47. The highest BCUT2D eigenvalue weighted by atomic mass is 35.5. The molecule has 1 rings (SSSR count). The van der Waals surface area contributed by atoms with Crippen molar-refractivity contribution in [1.82, 2.24) is 4.81 Å². The molecule has 1 nitrogen and oxygen atoms in total. The van der Waals surface area contributed by atoms with E-state index in [1.807, 2.05) is 0 Å². The van der Waals surface area contributed by atoms with Crippen LogP contribution in [0, 0.1) is 0 Å². The number of hydrogen-bond acceptors (Lipinski definition) is 1. The lowest BCUT2D eigenvalue weighted by molar-refractivity contribution is 0.0541. The summed E-state index contributed by atoms with van der Waals surface area (Å²) in [7, 11) is -4.17. The number of nitrogens with zero attached hydrogens (tertiary/aromatic N) is 1. The summed E-state index contributed by atoms with van der Waals surface area (Å²) < 4.78 is 0. The Labute approximate surface area is 168 Å². The van der Waals surface area contributed by atoms with Crippen molar-refractivity contribution >= 4 is 46.6 Å². The molecule has 148 valence electrons. The smallest absolute Gasteiger partial charge is 0.310 e. The molecule has 0 bridgehead atoms. The molecule has 1 heterocycles. The average molecular weight is 434 g/mol. The predicted octanol–water partition coefficient (Wildman–Crippen LogP) is 6.53. The van der Waals surface area contributed by atoms with Crippen molar-refractivity contribution in [2.75, 3.05) is 0 Å². The van der Waals surface area contributed by atoms with Crippen LogP contribution in [0.15, 0.2) is 0 Å². The molecule has 0 aliphatic carbocycles. The lowest BCUT2D eigenvalue weighted by Crippen LogP contribution is -2.92. The quantitative estimate of drug-likeness (QED) is 0.445. The van der Waals surface area contributed by atoms with Gasteiger partial charge in [-0.3, -0.25) is 0 Å². The number of hydrogen-bond donors (Lipinski definition) is 0. The van der Waals surface area contributed by atoms with E-state index in [1.54, 1.807) is 0 Å². The molecule has 1 saturated heterocycles. The van der Waals surface area contributed by atoms with Gasteiger partial charge in [0.15, 0.2) is 0 Å². The molecule has 0 amide bonds. The number of halogens is 1. The summed E-state index contributed by atoms with van der Waals surface area (Å²) in [5, 5.41) is 0. The second kappa shape index (κ2) is 6.90. The summed E-state index contributed by atoms with van der Waals surface area (Å²) in [6.07, 6.45) is 3.90. The van der Waals surface area contributed by atoms with Crippen LogP contribution in [0.5, 0.6) is 0 Å². The zero-order chi connectivity index (χ0) is 20.3. The Morgan fingerprint density at radius 2 is 0.960 bits per heavy atom. The van der Waals surface area contributed by atoms with Crippen molar-refractivity contribution in [3.63, 3.8) is 0 Å². The molecule has 0 aromatic rings. The molecule has 0 aromatic carbocycles. The molecule has 0 atom stereocenters. The van der Waals surface area contributed by atoms with Gasteiger partial charge in [-0.05, 0) is 47.0 Å². The monoisotopic (exact) mass is 433 g/mol. The van der Waals surface area contributed by atoms with Gasteiger partial charge in [0.1, 0.15) is 0 Å². The third-order valence-electron chi connectivity index (χ3n) is 7.01. The first kappa shape index (κ1) is 24.2. The van der Waals surface area contributed by atoms with Crippen LogP contribution in [0.25, 0.3) is 0 Å². The van der Waals surface area contributed by atoms with E-state index >= 15 is 0 Å². The Bertz CT molecular complexity index is 437. The first-order chi connectivity index (χ1) is 10.7. The van der Waals surface area contributed by atoms with Crippen molar-refractivity contribution in [1.29, 1.82) is 0 Å². The van der Waals surface area contributed by atoms with Gasteiger partial charge >= 0.3 is 5.86 Å². The number of rotatable bonds is 5. The van der Waals surface area contributed by atoms with Crippen LogP contribution in [0.3, 0.4) is 0 Å². The maximum atomic E-state index is 7.80. The van der Waals surface area contributed by atoms with Crippen LogP contribution < -0.4 is 0 Å². The lowest BCUT2D eigenvalue weighted by Gasteiger charge is -2.65. The molecule has 1 aliphatic heterocycles. The second-order valence-electron chi connectivity index (χ2n) is 12.7. The Morgan fingerprint density at radius 1 is 0.680 bits per heavy atom. The van der Waals surface area contributed by atoms with E-state index in [9.17, 15) is 0 Å². The van der Waals surface area contributed by atoms with E-state index < -0.39 is 29.3 Å². The van der Waals surface area contributed by atoms with Crippen LogP contribution in [-0.2, 0) is 0 Å². The van der Waals surface area contributed by atoms with Gasteiger partial charge in [0.05, 0.1) is 6.50 Å². The van der Waals surface area contributed by atoms with Crippen LogP contribution in [-0.4, -0.2) is 51.0 Å². The maximum Gasteiger partial charge on any atom is 0.310 e. The lowest BCUT2D eigenvalue weighted by atomic mass is 9.76. The molecule has 0 radical (unpaired) electrons. The van der Waals surface area contributed by atoms with E-state index in [4.69, 9.17) is 11.5 Å². The Morgan fingerprint density at radius 3 is 1.20 bits per heavy atom. The van der Waals surface area contributed by atoms with Gasteiger partial charge in [0.25, 0.3) is 0 Å². The average Bonchev–Trinajstić information content (AvgIpc) is 2.18. The van der Waals surface area contributed by atoms with Gasteiger partial charge < -0.3 is 4.81 Å². The molecule has 0 spiro atoms. The summed E-state index contributed by atoms with van der Waals surface area (Å²) >= 11 is 7.80. The van der Waals surface area contributed by atoms with E-state index in [0.717, 1.165) is 0 Å². The largest absolute Gasteiger partial charge is 0.322 e. The molecule has 0 unspecified atom stereocenters. The van der Waals surface area contributed by atoms with Crippen LogP contribution >= 0.6 is 11.5 Å². The van der Waals surface area contributed by atoms with Gasteiger partial charge in [-0.2, -0.15) is 11.5 Å². The third-order valence-corrected chi connectivity index (χ3v) is 82.2. The normalized spacial score (nSPS) is 22.8. The van der Waals surface area contributed by atoms with E-state index in [1.165, 1.54) is 19.3 Å². The Kier molecular flexibility index (Phi) is 6.69. The van der Waals surface area contributed by atoms with Crippen molar-refractivity contribution in [2.45, 2.75) is 117 Å². The first-order valence-corrected chi connectivity index (χ1v) is 26.2. The maximum absolute atomic E-state index is 7.80. The Hall–Kier alpha value is 1.18. The molecular formula is C18H45BClNSi4. The standard InChI is InChI=1S/C18H45BClNSi4/c1-17(2)15-14-16-18(3,4)21(17)19(20)25(22(5,6)7,23(8,9)10)24(11,12)13/h14-16H2,1-13H3. The molecule has 0 saturated carbocycles. The SMILES string of the molecule is CC1(C)CCCC(C)(C)N1B(Cl)[Si]([Si](C)(C)C)([Si](C)(C)C)[Si](C)(C)C. The molecular weight excluding hydrogens is 389 g/mol. The van der Waals surface area contributed by atoms with E-state index in [2.05, 4.69) is 91.4 Å². The molecule has 0 N–H and O–H groups in total. The van der Waals surface area contributed by atoms with Crippen LogP contribution in [0.1, 0.15) is 47.0 Å². The highest BCUT2D eigenvalue weighted by Gasteiger charge is 2.70. The van der Waals surface area contributed by atoms with Crippen molar-refractivity contribution < 1.29 is 0 Å². The van der Waals surface area contributed by atoms with Gasteiger partial charge in [0.2, 0.25) is 0 Å². The van der Waals surface area contributed by atoms with Crippen LogP contribution in [0.4, 0.5) is 0 Å². The summed E-state index contributed by atoms with van der Waals surface area (Å²) in [6, 6.07) is 0. The van der Waals surface area contributed by atoms with Gasteiger partial charge in [-0.25, -0.2) is 0 Å². The van der Waals surface area contributed by atoms with Crippen molar-refractivity contribution in [3.05, 3.63) is 0 Å². The minimum absolute atomic E-state index is 0.214. The van der Waals surface area contributed by atoms with Gasteiger partial charge in [-0.15, -0.1) is 0 Å². The molecule has 25 heavy (non-hydrogen) atoms. The fourth-order valence-corrected chi connectivity index (χ4v) is 115. The van der Waals surface area contributed by atoms with Gasteiger partial charge in [0, 0.05) is 33.9 Å². The molecule has 7 heteroatoms. The Balaban J connectivity index is 3.76. The van der Waals surface area contributed by atoms with Crippen LogP contribution in [0.2, 0.25) is 58.9 Å². The minimum Gasteiger partial charge on any atom is -0.322 e. The third kappa shape index (κ3) is 4.00. The fraction of sp³-hybridized carbons (Fsp3) is 1.00. The second-order valence-corrected chi connectivity index (χ2v) is 54.3. The van der Waals surface area contributed by atoms with E-state index in [-0.39, 0.29) is 11.1 Å². The summed E-state index contributed by atoms with van der Waals surface area (Å²) in [5.41, 5.74) is 0.427. The molecule has 0 aromatic heterocycles. The van der Waals surface area contributed by atoms with Crippen molar-refractivity contribution in [3.8, 4) is 0 Å². The summed E-state index contributed by atoms with van der Waals surface area (Å²) in [5.74, 6) is 0.294. The zero-order valence-corrected chi connectivity index (χ0v) is 24.3. The van der Waals surface area contributed by atoms with E-state index in [0.29, 0.717) is 5.86 Å². The fourth-order valence-electron chi connectivity index (χ4n) is 7.27. The van der Waals surface area contributed by atoms with Crippen molar-refractivity contribution in [2.24, 2.45) is 0 Å². The number of piperidine rings is 1. The van der Waals surface area contributed by atoms with Gasteiger partial charge in [-0.1, -0.05) is 58.9 Å². The summed E-state index contributed by atoms with van der Waals surface area (Å²) in [6.45, 7) is 32.1. The topological polar surface area (TPSA) is 3.24 Å². The summed E-state index contributed by atoms with van der Waals surface area (Å²) in [4.78, 5) is 2.84. The zero-order valence-electron chi connectivity index (χ0n) is 19.5. The molecule has 1 aliphatic rings. The molecule has 1 fully saturated rings. The predicted molar refractivity (Wildman–Crippen MR) is 131 cm³/mol.